The fraction of sp³-hybridized carbons (Fsp3) is 0.429. The summed E-state index contributed by atoms with van der Waals surface area (Å²) < 4.78 is 36.8. The SMILES string of the molecule is CCNC(=O)Nc1ncnc2c1ncn2[C@@H]1O[C@H](COP(C)(=O)[O-])C2O[C@@H](c3ccccc3)O[C@@H]21. The highest BCUT2D eigenvalue weighted by molar-refractivity contribution is 7.50. The van der Waals surface area contributed by atoms with E-state index in [1.165, 1.54) is 12.7 Å². The Hall–Kier alpha value is -2.93. The van der Waals surface area contributed by atoms with Crippen molar-refractivity contribution in [3.05, 3.63) is 48.5 Å². The van der Waals surface area contributed by atoms with Crippen LogP contribution >= 0.6 is 7.60 Å². The van der Waals surface area contributed by atoms with Gasteiger partial charge in [-0.05, 0) is 6.92 Å². The molecule has 0 saturated carbocycles. The molecule has 0 aliphatic carbocycles. The van der Waals surface area contributed by atoms with Crippen molar-refractivity contribution in [2.24, 2.45) is 0 Å². The van der Waals surface area contributed by atoms with Gasteiger partial charge >= 0.3 is 6.03 Å². The molecule has 5 rings (SSSR count). The predicted molar refractivity (Wildman–Crippen MR) is 120 cm³/mol. The van der Waals surface area contributed by atoms with E-state index in [-0.39, 0.29) is 12.4 Å². The van der Waals surface area contributed by atoms with Crippen LogP contribution < -0.4 is 15.5 Å². The number of amides is 2. The second-order valence-corrected chi connectivity index (χ2v) is 9.91. The molecule has 2 amide bonds. The Morgan fingerprint density at radius 1 is 1.17 bits per heavy atom. The van der Waals surface area contributed by atoms with Crippen molar-refractivity contribution in [3.63, 3.8) is 0 Å². The summed E-state index contributed by atoms with van der Waals surface area (Å²) >= 11 is 0. The summed E-state index contributed by atoms with van der Waals surface area (Å²) in [5.41, 5.74) is 1.57. The number of hydrogen-bond donors (Lipinski definition) is 2. The lowest BCUT2D eigenvalue weighted by Crippen LogP contribution is -2.31. The summed E-state index contributed by atoms with van der Waals surface area (Å²) in [5.74, 6) is 0.234. The van der Waals surface area contributed by atoms with Crippen molar-refractivity contribution in [3.8, 4) is 0 Å². The summed E-state index contributed by atoms with van der Waals surface area (Å²) in [7, 11) is -3.99. The molecule has 0 radical (unpaired) electrons. The smallest absolute Gasteiger partial charge is 0.320 e. The van der Waals surface area contributed by atoms with Gasteiger partial charge in [0.05, 0.1) is 12.9 Å². The van der Waals surface area contributed by atoms with Crippen LogP contribution in [0.2, 0.25) is 0 Å². The highest BCUT2D eigenvalue weighted by atomic mass is 31.2. The number of rotatable bonds is 7. The summed E-state index contributed by atoms with van der Waals surface area (Å²) in [6.07, 6.45) is -0.549. The second-order valence-electron chi connectivity index (χ2n) is 8.11. The van der Waals surface area contributed by atoms with Gasteiger partial charge in [-0.3, -0.25) is 9.88 Å². The Bertz CT molecular complexity index is 1250. The minimum absolute atomic E-state index is 0.231. The normalized spacial score (nSPS) is 27.5. The molecule has 2 aliphatic heterocycles. The Kier molecular flexibility index (Phi) is 6.53. The van der Waals surface area contributed by atoms with Gasteiger partial charge in [-0.25, -0.2) is 19.7 Å². The molecule has 2 unspecified atom stereocenters. The fourth-order valence-corrected chi connectivity index (χ4v) is 4.53. The molecule has 2 N–H and O–H groups in total. The highest BCUT2D eigenvalue weighted by Crippen LogP contribution is 2.46. The standard InChI is InChI=1S/C21H25N6O7P/c1-3-22-21(28)26-17-14-18(24-10-23-17)27(11-25-14)19-16-15(13(32-19)9-31-35(2,29)30)33-20(34-16)12-7-5-4-6-8-12/h4-8,10-11,13,15-16,19-20H,3,9H2,1-2H3,(H,29,30)(H2,22,23,24,26,28)/p-1/t13-,15?,16+,19-,20-/m1/s1. The van der Waals surface area contributed by atoms with Crippen LogP contribution in [0.15, 0.2) is 43.0 Å². The van der Waals surface area contributed by atoms with Crippen LogP contribution in [0.1, 0.15) is 25.0 Å². The number of carbonyl (C=O) groups is 1. The van der Waals surface area contributed by atoms with Gasteiger partial charge in [0.2, 0.25) is 0 Å². The van der Waals surface area contributed by atoms with Gasteiger partial charge in [0.1, 0.15) is 32.2 Å². The number of nitrogens with one attached hydrogen (secondary N) is 2. The van der Waals surface area contributed by atoms with E-state index >= 15 is 0 Å². The van der Waals surface area contributed by atoms with Crippen LogP contribution in [0.3, 0.4) is 0 Å². The van der Waals surface area contributed by atoms with Crippen molar-refractivity contribution in [2.45, 2.75) is 37.8 Å². The van der Waals surface area contributed by atoms with Crippen LogP contribution in [0.5, 0.6) is 0 Å². The predicted octanol–water partition coefficient (Wildman–Crippen LogP) is 1.55. The molecule has 6 atom stereocenters. The number of imidazole rings is 1. The molecule has 13 nitrogen and oxygen atoms in total. The molecule has 186 valence electrons. The van der Waals surface area contributed by atoms with Gasteiger partial charge < -0.3 is 33.5 Å². The molecule has 0 spiro atoms. The van der Waals surface area contributed by atoms with Gasteiger partial charge in [-0.2, -0.15) is 0 Å². The Morgan fingerprint density at radius 3 is 2.69 bits per heavy atom. The topological polar surface area (TPSA) is 162 Å². The lowest BCUT2D eigenvalue weighted by atomic mass is 10.1. The fourth-order valence-electron chi connectivity index (χ4n) is 4.11. The van der Waals surface area contributed by atoms with Crippen LogP contribution in [-0.4, -0.2) is 63.7 Å². The number of nitrogens with zero attached hydrogens (tertiary/aromatic N) is 4. The van der Waals surface area contributed by atoms with E-state index in [4.69, 9.17) is 18.7 Å². The number of fused-ring (bicyclic) bond motifs is 2. The maximum Gasteiger partial charge on any atom is 0.320 e. The summed E-state index contributed by atoms with van der Waals surface area (Å²) in [6.45, 7) is 3.02. The summed E-state index contributed by atoms with van der Waals surface area (Å²) in [5, 5.41) is 5.29. The molecule has 35 heavy (non-hydrogen) atoms. The Labute approximate surface area is 200 Å². The van der Waals surface area contributed by atoms with E-state index < -0.39 is 44.5 Å². The van der Waals surface area contributed by atoms with Gasteiger partial charge in [-0.1, -0.05) is 30.3 Å². The van der Waals surface area contributed by atoms with Crippen molar-refractivity contribution in [2.75, 3.05) is 25.1 Å². The Morgan fingerprint density at radius 2 is 1.94 bits per heavy atom. The second kappa shape index (κ2) is 9.61. The van der Waals surface area contributed by atoms with E-state index in [2.05, 4.69) is 25.6 Å². The lowest BCUT2D eigenvalue weighted by Gasteiger charge is -2.24. The zero-order valence-corrected chi connectivity index (χ0v) is 19.8. The van der Waals surface area contributed by atoms with Crippen LogP contribution in [-0.2, 0) is 23.3 Å². The van der Waals surface area contributed by atoms with Crippen molar-refractivity contribution < 1.29 is 33.0 Å². The van der Waals surface area contributed by atoms with Gasteiger partial charge in [0.15, 0.2) is 29.5 Å². The number of aromatic nitrogens is 4. The molecular formula is C21H24N6O7P-. The zero-order valence-electron chi connectivity index (χ0n) is 18.9. The zero-order chi connectivity index (χ0) is 24.6. The number of carbonyl (C=O) groups excluding carboxylic acids is 1. The van der Waals surface area contributed by atoms with E-state index in [9.17, 15) is 14.3 Å². The highest BCUT2D eigenvalue weighted by Gasteiger charge is 2.54. The van der Waals surface area contributed by atoms with E-state index in [0.717, 1.165) is 12.2 Å². The molecule has 0 bridgehead atoms. The molecule has 4 heterocycles. The number of hydrogen-bond acceptors (Lipinski definition) is 10. The first-order chi connectivity index (χ1) is 16.8. The number of benzene rings is 1. The van der Waals surface area contributed by atoms with E-state index in [1.54, 1.807) is 11.5 Å². The third-order valence-electron chi connectivity index (χ3n) is 5.59. The number of anilines is 1. The maximum absolute atomic E-state index is 12.0. The Balaban J connectivity index is 1.45. The van der Waals surface area contributed by atoms with E-state index in [1.807, 2.05) is 30.3 Å². The minimum atomic E-state index is -3.99. The summed E-state index contributed by atoms with van der Waals surface area (Å²) in [6, 6.07) is 8.97. The lowest BCUT2D eigenvalue weighted by molar-refractivity contribution is -0.202. The number of urea groups is 1. The first kappa shape index (κ1) is 23.8. The molecule has 2 fully saturated rings. The average Bonchev–Trinajstić information content (AvgIpc) is 3.52. The molecule has 2 saturated heterocycles. The van der Waals surface area contributed by atoms with Crippen LogP contribution in [0.4, 0.5) is 10.6 Å². The average molecular weight is 503 g/mol. The molecule has 2 aliphatic rings. The van der Waals surface area contributed by atoms with Gasteiger partial charge in [0.25, 0.3) is 0 Å². The summed E-state index contributed by atoms with van der Waals surface area (Å²) in [4.78, 5) is 36.4. The quantitative estimate of drug-likeness (QED) is 0.453. The first-order valence-corrected chi connectivity index (χ1v) is 13.0. The molecule has 2 aromatic heterocycles. The van der Waals surface area contributed by atoms with Crippen molar-refractivity contribution >= 4 is 30.6 Å². The molecule has 14 heteroatoms. The number of ether oxygens (including phenoxy) is 3. The molecule has 3 aromatic rings. The van der Waals surface area contributed by atoms with E-state index in [0.29, 0.717) is 17.7 Å². The van der Waals surface area contributed by atoms with Gasteiger partial charge in [0, 0.05) is 18.8 Å². The van der Waals surface area contributed by atoms with Crippen molar-refractivity contribution in [1.82, 2.24) is 24.8 Å². The van der Waals surface area contributed by atoms with Crippen molar-refractivity contribution in [1.29, 1.82) is 0 Å². The van der Waals surface area contributed by atoms with Crippen LogP contribution in [0, 0.1) is 0 Å². The third kappa shape index (κ3) is 4.92. The van der Waals surface area contributed by atoms with Gasteiger partial charge in [-0.15, -0.1) is 0 Å². The molecule has 1 aromatic carbocycles. The third-order valence-corrected chi connectivity index (χ3v) is 6.21. The molecular weight excluding hydrogens is 479 g/mol. The maximum atomic E-state index is 12.0. The largest absolute Gasteiger partial charge is 0.779 e. The first-order valence-electron chi connectivity index (χ1n) is 11.0. The monoisotopic (exact) mass is 503 g/mol. The minimum Gasteiger partial charge on any atom is -0.779 e. The van der Waals surface area contributed by atoms with Crippen LogP contribution in [0.25, 0.3) is 11.2 Å².